The quantitative estimate of drug-likeness (QED) is 0.494. The van der Waals surface area contributed by atoms with Gasteiger partial charge in [0.2, 0.25) is 0 Å². The Morgan fingerprint density at radius 3 is 2.39 bits per heavy atom. The number of benzene rings is 1. The minimum absolute atomic E-state index is 0.128. The van der Waals surface area contributed by atoms with E-state index in [9.17, 15) is 14.4 Å². The summed E-state index contributed by atoms with van der Waals surface area (Å²) in [6.07, 6.45) is 2.02. The van der Waals surface area contributed by atoms with Crippen molar-refractivity contribution in [2.75, 3.05) is 13.2 Å². The van der Waals surface area contributed by atoms with Crippen molar-refractivity contribution in [3.63, 3.8) is 0 Å². The number of aromatic amines is 1. The summed E-state index contributed by atoms with van der Waals surface area (Å²) < 4.78 is 5.87. The van der Waals surface area contributed by atoms with E-state index in [1.165, 1.54) is 4.90 Å². The average molecular weight is 377 g/mol. The molecule has 0 saturated carbocycles. The predicted molar refractivity (Wildman–Crippen MR) is 85.2 cm³/mol. The molecule has 1 N–H and O–H groups in total. The van der Waals surface area contributed by atoms with E-state index in [1.807, 2.05) is 0 Å². The number of carbonyl (C=O) groups excluding carboxylic acids is 3. The van der Waals surface area contributed by atoms with Crippen molar-refractivity contribution in [2.24, 2.45) is 0 Å². The molecule has 0 aliphatic carbocycles. The standard InChI is InChI=1S/C16H13BrN2O4/c17-10-8-13(18-9-10)16(22)23-7-3-6-19-14(20)11-4-1-2-5-12(11)15(19)21/h1-2,4-5,8-9,18H,3,6-7H2. The van der Waals surface area contributed by atoms with Gasteiger partial charge in [-0.2, -0.15) is 0 Å². The van der Waals surface area contributed by atoms with Crippen molar-refractivity contribution in [1.82, 2.24) is 9.88 Å². The lowest BCUT2D eigenvalue weighted by molar-refractivity contribution is 0.0477. The summed E-state index contributed by atoms with van der Waals surface area (Å²) in [5, 5.41) is 0. The number of imide groups is 1. The molecule has 7 heteroatoms. The third kappa shape index (κ3) is 3.05. The summed E-state index contributed by atoms with van der Waals surface area (Å²) in [5.74, 6) is -1.08. The summed E-state index contributed by atoms with van der Waals surface area (Å²) in [7, 11) is 0. The molecule has 3 rings (SSSR count). The van der Waals surface area contributed by atoms with Crippen LogP contribution in [0.3, 0.4) is 0 Å². The Labute approximate surface area is 140 Å². The summed E-state index contributed by atoms with van der Waals surface area (Å²) in [4.78, 5) is 40.0. The van der Waals surface area contributed by atoms with Gasteiger partial charge < -0.3 is 9.72 Å². The lowest BCUT2D eigenvalue weighted by atomic mass is 10.1. The Balaban J connectivity index is 1.51. The van der Waals surface area contributed by atoms with Gasteiger partial charge in [-0.25, -0.2) is 4.79 Å². The first-order chi connectivity index (χ1) is 11.1. The molecule has 0 saturated heterocycles. The number of nitrogens with zero attached hydrogens (tertiary/aromatic N) is 1. The second-order valence-corrected chi connectivity index (χ2v) is 5.94. The van der Waals surface area contributed by atoms with E-state index in [0.29, 0.717) is 23.2 Å². The molecule has 0 fully saturated rings. The van der Waals surface area contributed by atoms with Gasteiger partial charge in [-0.3, -0.25) is 14.5 Å². The van der Waals surface area contributed by atoms with Crippen LogP contribution < -0.4 is 0 Å². The fraction of sp³-hybridized carbons (Fsp3) is 0.188. The van der Waals surface area contributed by atoms with Crippen molar-refractivity contribution in [3.8, 4) is 0 Å². The number of carbonyl (C=O) groups is 3. The van der Waals surface area contributed by atoms with Gasteiger partial charge in [-0.05, 0) is 40.5 Å². The first-order valence-corrected chi connectivity index (χ1v) is 7.83. The fourth-order valence-corrected chi connectivity index (χ4v) is 2.74. The number of rotatable bonds is 5. The van der Waals surface area contributed by atoms with E-state index >= 15 is 0 Å². The number of hydrogen-bond donors (Lipinski definition) is 1. The van der Waals surface area contributed by atoms with Crippen LogP contribution in [-0.2, 0) is 4.74 Å². The maximum Gasteiger partial charge on any atom is 0.354 e. The van der Waals surface area contributed by atoms with Crippen LogP contribution in [0.25, 0.3) is 0 Å². The zero-order valence-electron chi connectivity index (χ0n) is 12.0. The molecule has 0 spiro atoms. The number of esters is 1. The van der Waals surface area contributed by atoms with Gasteiger partial charge in [0.15, 0.2) is 0 Å². The third-order valence-electron chi connectivity index (χ3n) is 3.51. The molecule has 2 heterocycles. The van der Waals surface area contributed by atoms with Crippen LogP contribution in [0.1, 0.15) is 37.6 Å². The Morgan fingerprint density at radius 1 is 1.17 bits per heavy atom. The third-order valence-corrected chi connectivity index (χ3v) is 3.96. The van der Waals surface area contributed by atoms with Crippen molar-refractivity contribution in [3.05, 3.63) is 57.8 Å². The molecule has 0 radical (unpaired) electrons. The number of amides is 2. The predicted octanol–water partition coefficient (Wildman–Crippen LogP) is 2.62. The van der Waals surface area contributed by atoms with E-state index in [2.05, 4.69) is 20.9 Å². The second kappa shape index (κ2) is 6.37. The lowest BCUT2D eigenvalue weighted by Gasteiger charge is -2.13. The van der Waals surface area contributed by atoms with Crippen LogP contribution in [0.4, 0.5) is 0 Å². The molecule has 0 unspecified atom stereocenters. The molecular formula is C16H13BrN2O4. The topological polar surface area (TPSA) is 79.5 Å². The molecule has 0 atom stereocenters. The highest BCUT2D eigenvalue weighted by molar-refractivity contribution is 9.10. The highest BCUT2D eigenvalue weighted by atomic mass is 79.9. The second-order valence-electron chi connectivity index (χ2n) is 5.03. The highest BCUT2D eigenvalue weighted by Crippen LogP contribution is 2.22. The van der Waals surface area contributed by atoms with Crippen LogP contribution in [0.15, 0.2) is 41.0 Å². The molecule has 6 nitrogen and oxygen atoms in total. The number of H-pyrrole nitrogens is 1. The van der Waals surface area contributed by atoms with Crippen molar-refractivity contribution in [2.45, 2.75) is 6.42 Å². The van der Waals surface area contributed by atoms with Crippen molar-refractivity contribution >= 4 is 33.7 Å². The Kier molecular flexibility index (Phi) is 4.29. The van der Waals surface area contributed by atoms with Gasteiger partial charge in [-0.1, -0.05) is 12.1 Å². The Bertz CT molecular complexity index is 749. The SMILES string of the molecule is O=C(OCCCN1C(=O)c2ccccc2C1=O)c1cc(Br)c[nH]1. The fourth-order valence-electron chi connectivity index (χ4n) is 2.39. The van der Waals surface area contributed by atoms with E-state index in [0.717, 1.165) is 4.47 Å². The van der Waals surface area contributed by atoms with E-state index < -0.39 is 5.97 Å². The van der Waals surface area contributed by atoms with Gasteiger partial charge in [-0.15, -0.1) is 0 Å². The zero-order chi connectivity index (χ0) is 16.4. The molecule has 1 aliphatic rings. The highest BCUT2D eigenvalue weighted by Gasteiger charge is 2.34. The molecule has 23 heavy (non-hydrogen) atoms. The normalized spacial score (nSPS) is 13.3. The van der Waals surface area contributed by atoms with Crippen LogP contribution in [-0.4, -0.2) is 40.8 Å². The summed E-state index contributed by atoms with van der Waals surface area (Å²) in [5.41, 5.74) is 1.19. The van der Waals surface area contributed by atoms with Gasteiger partial charge in [0.1, 0.15) is 5.69 Å². The Hall–Kier alpha value is -2.41. The molecule has 1 aromatic carbocycles. The number of halogens is 1. The maximum atomic E-state index is 12.1. The maximum absolute atomic E-state index is 12.1. The Morgan fingerprint density at radius 2 is 1.83 bits per heavy atom. The van der Waals surface area contributed by atoms with Crippen LogP contribution in [0.5, 0.6) is 0 Å². The molecule has 118 valence electrons. The number of fused-ring (bicyclic) bond motifs is 1. The molecule has 1 aromatic heterocycles. The lowest BCUT2D eigenvalue weighted by Crippen LogP contribution is -2.31. The molecule has 0 bridgehead atoms. The zero-order valence-corrected chi connectivity index (χ0v) is 13.6. The first kappa shape index (κ1) is 15.5. The van der Waals surface area contributed by atoms with Gasteiger partial charge in [0.25, 0.3) is 11.8 Å². The van der Waals surface area contributed by atoms with Gasteiger partial charge in [0, 0.05) is 17.2 Å². The van der Waals surface area contributed by atoms with Gasteiger partial charge in [0.05, 0.1) is 17.7 Å². The first-order valence-electron chi connectivity index (χ1n) is 7.04. The molecule has 2 amide bonds. The minimum Gasteiger partial charge on any atom is -0.461 e. The molecular weight excluding hydrogens is 364 g/mol. The summed E-state index contributed by atoms with van der Waals surface area (Å²) in [6, 6.07) is 8.34. The average Bonchev–Trinajstić information content (AvgIpc) is 3.09. The van der Waals surface area contributed by atoms with Gasteiger partial charge >= 0.3 is 5.97 Å². The number of nitrogens with one attached hydrogen (secondary N) is 1. The molecule has 1 aliphatic heterocycles. The summed E-state index contributed by atoms with van der Waals surface area (Å²) in [6.45, 7) is 0.344. The smallest absolute Gasteiger partial charge is 0.354 e. The van der Waals surface area contributed by atoms with Crippen molar-refractivity contribution in [1.29, 1.82) is 0 Å². The van der Waals surface area contributed by atoms with Crippen LogP contribution in [0, 0.1) is 0 Å². The summed E-state index contributed by atoms with van der Waals surface area (Å²) >= 11 is 3.23. The largest absolute Gasteiger partial charge is 0.461 e. The minimum atomic E-state index is -0.474. The number of ether oxygens (including phenoxy) is 1. The number of aromatic nitrogens is 1. The van der Waals surface area contributed by atoms with Crippen LogP contribution >= 0.6 is 15.9 Å². The van der Waals surface area contributed by atoms with E-state index in [4.69, 9.17) is 4.74 Å². The monoisotopic (exact) mass is 376 g/mol. The van der Waals surface area contributed by atoms with E-state index in [-0.39, 0.29) is 25.0 Å². The van der Waals surface area contributed by atoms with Crippen LogP contribution in [0.2, 0.25) is 0 Å². The van der Waals surface area contributed by atoms with Crippen molar-refractivity contribution < 1.29 is 19.1 Å². The van der Waals surface area contributed by atoms with E-state index in [1.54, 1.807) is 36.5 Å². The molecule has 2 aromatic rings. The number of hydrogen-bond acceptors (Lipinski definition) is 4.